The van der Waals surface area contributed by atoms with Crippen LogP contribution in [0.15, 0.2) is 24.3 Å². The summed E-state index contributed by atoms with van der Waals surface area (Å²) in [5.41, 5.74) is 0.638. The Morgan fingerprint density at radius 1 is 1.45 bits per heavy atom. The third-order valence-corrected chi connectivity index (χ3v) is 2.95. The zero-order valence-corrected chi connectivity index (χ0v) is 11.9. The van der Waals surface area contributed by atoms with Crippen LogP contribution in [0.2, 0.25) is 0 Å². The fourth-order valence-corrected chi connectivity index (χ4v) is 1.81. The van der Waals surface area contributed by atoms with Crippen LogP contribution < -0.4 is 9.64 Å². The Kier molecular flexibility index (Phi) is 6.71. The monoisotopic (exact) mass is 277 g/mol. The number of nitrogens with zero attached hydrogens (tertiary/aromatic N) is 1. The molecule has 1 rings (SSSR count). The van der Waals surface area contributed by atoms with Crippen LogP contribution in [0.3, 0.4) is 0 Å². The van der Waals surface area contributed by atoms with E-state index in [4.69, 9.17) is 10.00 Å². The molecule has 108 valence electrons. The van der Waals surface area contributed by atoms with Crippen molar-refractivity contribution in [3.05, 3.63) is 29.8 Å². The lowest BCUT2D eigenvalue weighted by Crippen LogP contribution is -3.10. The van der Waals surface area contributed by atoms with E-state index in [-0.39, 0.29) is 12.4 Å². The van der Waals surface area contributed by atoms with Crippen LogP contribution in [-0.4, -0.2) is 43.7 Å². The third kappa shape index (κ3) is 5.83. The van der Waals surface area contributed by atoms with Crippen molar-refractivity contribution in [2.24, 2.45) is 0 Å². The maximum Gasteiger partial charge on any atom is 0.159 e. The lowest BCUT2D eigenvalue weighted by atomic mass is 10.1. The van der Waals surface area contributed by atoms with Crippen LogP contribution in [0, 0.1) is 11.3 Å². The van der Waals surface area contributed by atoms with E-state index in [1.54, 1.807) is 24.3 Å². The molecule has 0 aliphatic rings. The van der Waals surface area contributed by atoms with Gasteiger partial charge in [-0.25, -0.2) is 0 Å². The zero-order chi connectivity index (χ0) is 15.0. The molecular formula is C15H21N2O3+. The van der Waals surface area contributed by atoms with E-state index in [2.05, 4.69) is 6.07 Å². The maximum atomic E-state index is 11.1. The highest BCUT2D eigenvalue weighted by Gasteiger charge is 2.12. The van der Waals surface area contributed by atoms with Crippen LogP contribution in [0.1, 0.15) is 23.7 Å². The van der Waals surface area contributed by atoms with E-state index in [0.29, 0.717) is 30.8 Å². The SMILES string of the molecule is CC(=O)c1ccc(OC[C@@H](O)C[NH+](C)CCC#N)cc1. The first-order chi connectivity index (χ1) is 9.52. The minimum Gasteiger partial charge on any atom is -0.491 e. The maximum absolute atomic E-state index is 11.1. The summed E-state index contributed by atoms with van der Waals surface area (Å²) < 4.78 is 5.47. The fourth-order valence-electron chi connectivity index (χ4n) is 1.81. The van der Waals surface area contributed by atoms with Gasteiger partial charge in [-0.15, -0.1) is 0 Å². The second kappa shape index (κ2) is 8.31. The number of quaternary nitrogens is 1. The molecular weight excluding hydrogens is 256 g/mol. The number of carbonyl (C=O) groups is 1. The normalized spacial score (nSPS) is 13.3. The van der Waals surface area contributed by atoms with Gasteiger partial charge < -0.3 is 14.7 Å². The summed E-state index contributed by atoms with van der Waals surface area (Å²) >= 11 is 0. The van der Waals surface area contributed by atoms with Crippen molar-refractivity contribution in [2.75, 3.05) is 26.7 Å². The minimum atomic E-state index is -0.582. The lowest BCUT2D eigenvalue weighted by molar-refractivity contribution is -0.882. The van der Waals surface area contributed by atoms with Gasteiger partial charge in [-0.1, -0.05) is 0 Å². The van der Waals surface area contributed by atoms with Crippen LogP contribution in [0.5, 0.6) is 5.75 Å². The molecule has 0 bridgehead atoms. The predicted octanol–water partition coefficient (Wildman–Crippen LogP) is 0.0573. The smallest absolute Gasteiger partial charge is 0.159 e. The Morgan fingerprint density at radius 2 is 2.10 bits per heavy atom. The number of aliphatic hydroxyl groups excluding tert-OH is 1. The molecule has 0 aliphatic carbocycles. The number of aliphatic hydroxyl groups is 1. The number of hydrogen-bond donors (Lipinski definition) is 2. The van der Waals surface area contributed by atoms with Gasteiger partial charge in [-0.3, -0.25) is 4.79 Å². The van der Waals surface area contributed by atoms with Gasteiger partial charge in [0.25, 0.3) is 0 Å². The summed E-state index contributed by atoms with van der Waals surface area (Å²) in [6, 6.07) is 8.92. The molecule has 0 amide bonds. The molecule has 5 heteroatoms. The van der Waals surface area contributed by atoms with E-state index in [1.807, 2.05) is 7.05 Å². The Labute approximate surface area is 119 Å². The van der Waals surface area contributed by atoms with Crippen molar-refractivity contribution in [2.45, 2.75) is 19.4 Å². The van der Waals surface area contributed by atoms with Crippen molar-refractivity contribution in [3.8, 4) is 11.8 Å². The number of nitrogens with one attached hydrogen (secondary N) is 1. The molecule has 0 radical (unpaired) electrons. The van der Waals surface area contributed by atoms with Crippen molar-refractivity contribution in [3.63, 3.8) is 0 Å². The van der Waals surface area contributed by atoms with Crippen molar-refractivity contribution >= 4 is 5.78 Å². The van der Waals surface area contributed by atoms with Gasteiger partial charge in [0.1, 0.15) is 25.0 Å². The zero-order valence-electron chi connectivity index (χ0n) is 11.9. The Balaban J connectivity index is 2.35. The van der Waals surface area contributed by atoms with Gasteiger partial charge in [0.15, 0.2) is 5.78 Å². The molecule has 2 N–H and O–H groups in total. The molecule has 0 aromatic heterocycles. The van der Waals surface area contributed by atoms with E-state index in [0.717, 1.165) is 4.90 Å². The first kappa shape index (κ1) is 16.2. The molecule has 1 aromatic rings. The second-order valence-electron chi connectivity index (χ2n) is 4.86. The fraction of sp³-hybridized carbons (Fsp3) is 0.467. The highest BCUT2D eigenvalue weighted by molar-refractivity contribution is 5.94. The summed E-state index contributed by atoms with van der Waals surface area (Å²) in [4.78, 5) is 12.2. The van der Waals surface area contributed by atoms with Gasteiger partial charge in [0.2, 0.25) is 0 Å². The quantitative estimate of drug-likeness (QED) is 0.659. The number of likely N-dealkylation sites (N-methyl/N-ethyl adjacent to an activating group) is 1. The molecule has 0 fully saturated rings. The van der Waals surface area contributed by atoms with E-state index < -0.39 is 6.10 Å². The number of Topliss-reactive ketones (excluding diaryl/α,β-unsaturated/α-hetero) is 1. The van der Waals surface area contributed by atoms with Crippen LogP contribution in [0.25, 0.3) is 0 Å². The molecule has 20 heavy (non-hydrogen) atoms. The number of carbonyl (C=O) groups excluding carboxylic acids is 1. The highest BCUT2D eigenvalue weighted by Crippen LogP contribution is 2.12. The first-order valence-electron chi connectivity index (χ1n) is 6.63. The topological polar surface area (TPSA) is 74.8 Å². The number of ketones is 1. The van der Waals surface area contributed by atoms with E-state index in [9.17, 15) is 9.90 Å². The average Bonchev–Trinajstić information content (AvgIpc) is 2.43. The molecule has 1 aromatic carbocycles. The summed E-state index contributed by atoms with van der Waals surface area (Å²) in [5.74, 6) is 0.642. The average molecular weight is 277 g/mol. The molecule has 1 unspecified atom stereocenters. The standard InChI is InChI=1S/C15H20N2O3/c1-12(18)13-4-6-15(7-5-13)20-11-14(19)10-17(2)9-3-8-16/h4-7,14,19H,3,9-11H2,1-2H3/p+1/t14-/m0/s1. The minimum absolute atomic E-state index is 0.0132. The summed E-state index contributed by atoms with van der Waals surface area (Å²) in [7, 11) is 1.93. The molecule has 0 saturated carbocycles. The van der Waals surface area contributed by atoms with Crippen LogP contribution >= 0.6 is 0 Å². The van der Waals surface area contributed by atoms with Crippen molar-refractivity contribution in [1.82, 2.24) is 0 Å². The van der Waals surface area contributed by atoms with Crippen molar-refractivity contribution in [1.29, 1.82) is 5.26 Å². The van der Waals surface area contributed by atoms with E-state index >= 15 is 0 Å². The Hall–Kier alpha value is -1.90. The van der Waals surface area contributed by atoms with E-state index in [1.165, 1.54) is 6.92 Å². The number of ether oxygens (including phenoxy) is 1. The highest BCUT2D eigenvalue weighted by atomic mass is 16.5. The largest absolute Gasteiger partial charge is 0.491 e. The molecule has 0 saturated heterocycles. The summed E-state index contributed by atoms with van der Waals surface area (Å²) in [6.07, 6.45) is -0.104. The van der Waals surface area contributed by atoms with Gasteiger partial charge in [-0.05, 0) is 31.2 Å². The number of rotatable bonds is 8. The summed E-state index contributed by atoms with van der Waals surface area (Å²) in [5, 5.41) is 18.3. The predicted molar refractivity (Wildman–Crippen MR) is 74.8 cm³/mol. The lowest BCUT2D eigenvalue weighted by Gasteiger charge is -2.17. The Bertz CT molecular complexity index is 465. The van der Waals surface area contributed by atoms with Crippen LogP contribution in [-0.2, 0) is 0 Å². The third-order valence-electron chi connectivity index (χ3n) is 2.95. The molecule has 0 aliphatic heterocycles. The second-order valence-corrected chi connectivity index (χ2v) is 4.86. The first-order valence-corrected chi connectivity index (χ1v) is 6.63. The van der Waals surface area contributed by atoms with Gasteiger partial charge in [0.05, 0.1) is 26.1 Å². The number of hydrogen-bond acceptors (Lipinski definition) is 4. The van der Waals surface area contributed by atoms with Crippen molar-refractivity contribution < 1.29 is 19.5 Å². The molecule has 0 heterocycles. The molecule has 2 atom stereocenters. The Morgan fingerprint density at radius 3 is 2.65 bits per heavy atom. The van der Waals surface area contributed by atoms with Gasteiger partial charge >= 0.3 is 0 Å². The number of nitriles is 1. The van der Waals surface area contributed by atoms with Crippen LogP contribution in [0.4, 0.5) is 0 Å². The van der Waals surface area contributed by atoms with Gasteiger partial charge in [0, 0.05) is 5.56 Å². The molecule has 5 nitrogen and oxygen atoms in total. The summed E-state index contributed by atoms with van der Waals surface area (Å²) in [6.45, 7) is 2.96. The molecule has 0 spiro atoms. The van der Waals surface area contributed by atoms with Gasteiger partial charge in [-0.2, -0.15) is 5.26 Å². The number of benzene rings is 1.